The van der Waals surface area contributed by atoms with Crippen LogP contribution in [0.3, 0.4) is 0 Å². The molecular formula is C34H35F3. The third-order valence-corrected chi connectivity index (χ3v) is 8.52. The van der Waals surface area contributed by atoms with Gasteiger partial charge in [-0.15, -0.1) is 0 Å². The Hall–Kier alpha value is -3.07. The van der Waals surface area contributed by atoms with Gasteiger partial charge in [0.1, 0.15) is 5.82 Å². The molecule has 0 N–H and O–H groups in total. The predicted octanol–water partition coefficient (Wildman–Crippen LogP) is 10.3. The van der Waals surface area contributed by atoms with E-state index in [1.54, 1.807) is 37.3 Å². The standard InChI is InChI=1S/C34H35F3/c1-3-4-23-6-8-24(9-7-23)25-10-14-27(15-11-25)30-20-18-29(21-32(30)35)26-12-16-28(17-13-26)31-19-5-22(2)33(36)34(31)37/h3-5,12-14,16-21,23-25H,6-11,15H2,1-2H3. The van der Waals surface area contributed by atoms with E-state index in [9.17, 15) is 8.78 Å². The first-order chi connectivity index (χ1) is 17.9. The highest BCUT2D eigenvalue weighted by Crippen LogP contribution is 2.42. The summed E-state index contributed by atoms with van der Waals surface area (Å²) < 4.78 is 43.6. The minimum Gasteiger partial charge on any atom is -0.206 e. The molecule has 3 aromatic rings. The third-order valence-electron chi connectivity index (χ3n) is 8.52. The van der Waals surface area contributed by atoms with E-state index in [4.69, 9.17) is 0 Å². The lowest BCUT2D eigenvalue weighted by molar-refractivity contribution is 0.212. The molecule has 3 aromatic carbocycles. The average Bonchev–Trinajstić information content (AvgIpc) is 2.93. The number of hydrogen-bond donors (Lipinski definition) is 0. The number of benzene rings is 3. The summed E-state index contributed by atoms with van der Waals surface area (Å²) in [6.07, 6.45) is 15.2. The lowest BCUT2D eigenvalue weighted by Gasteiger charge is -2.35. The van der Waals surface area contributed by atoms with E-state index >= 15 is 4.39 Å². The first-order valence-corrected chi connectivity index (χ1v) is 13.6. The van der Waals surface area contributed by atoms with Crippen LogP contribution in [0.2, 0.25) is 0 Å². The molecule has 37 heavy (non-hydrogen) atoms. The Labute approximate surface area is 218 Å². The van der Waals surface area contributed by atoms with Crippen LogP contribution in [0.4, 0.5) is 13.2 Å². The molecule has 0 spiro atoms. The fourth-order valence-electron chi connectivity index (χ4n) is 6.27. The molecule has 0 heterocycles. The van der Waals surface area contributed by atoms with Crippen molar-refractivity contribution in [2.45, 2.75) is 58.8 Å². The predicted molar refractivity (Wildman–Crippen MR) is 148 cm³/mol. The monoisotopic (exact) mass is 500 g/mol. The molecule has 0 aromatic heterocycles. The molecule has 0 aliphatic heterocycles. The van der Waals surface area contributed by atoms with E-state index in [2.05, 4.69) is 25.2 Å². The summed E-state index contributed by atoms with van der Waals surface area (Å²) in [6, 6.07) is 15.8. The Morgan fingerprint density at radius 1 is 0.703 bits per heavy atom. The Bertz CT molecular complexity index is 1310. The van der Waals surface area contributed by atoms with Crippen LogP contribution in [0.25, 0.3) is 27.8 Å². The van der Waals surface area contributed by atoms with Crippen LogP contribution in [-0.2, 0) is 0 Å². The topological polar surface area (TPSA) is 0 Å². The molecule has 0 nitrogen and oxygen atoms in total. The lowest BCUT2D eigenvalue weighted by Crippen LogP contribution is -2.22. The Balaban J connectivity index is 1.26. The number of rotatable bonds is 5. The van der Waals surface area contributed by atoms with Crippen molar-refractivity contribution in [1.29, 1.82) is 0 Å². The van der Waals surface area contributed by atoms with Crippen molar-refractivity contribution in [3.8, 4) is 22.3 Å². The maximum atomic E-state index is 15.2. The number of aryl methyl sites for hydroxylation is 1. The van der Waals surface area contributed by atoms with Gasteiger partial charge >= 0.3 is 0 Å². The maximum Gasteiger partial charge on any atom is 0.166 e. The Morgan fingerprint density at radius 3 is 2.03 bits per heavy atom. The lowest BCUT2D eigenvalue weighted by atomic mass is 9.71. The molecule has 0 radical (unpaired) electrons. The highest BCUT2D eigenvalue weighted by Gasteiger charge is 2.28. The molecule has 192 valence electrons. The van der Waals surface area contributed by atoms with Crippen molar-refractivity contribution >= 4 is 5.57 Å². The first kappa shape index (κ1) is 25.6. The smallest absolute Gasteiger partial charge is 0.166 e. The van der Waals surface area contributed by atoms with E-state index in [1.165, 1.54) is 25.7 Å². The van der Waals surface area contributed by atoms with E-state index in [1.807, 2.05) is 24.3 Å². The molecule has 1 atom stereocenters. The third kappa shape index (κ3) is 5.46. The number of hydrogen-bond acceptors (Lipinski definition) is 0. The molecule has 2 aliphatic rings. The summed E-state index contributed by atoms with van der Waals surface area (Å²) in [6.45, 7) is 3.65. The zero-order valence-corrected chi connectivity index (χ0v) is 21.7. The average molecular weight is 501 g/mol. The van der Waals surface area contributed by atoms with Gasteiger partial charge < -0.3 is 0 Å². The SMILES string of the molecule is CC=CC1CCC(C2CC=C(c3ccc(-c4ccc(-c5ccc(C)c(F)c5F)cc4)cc3F)CC2)CC1. The van der Waals surface area contributed by atoms with Gasteiger partial charge in [0.2, 0.25) is 0 Å². The Morgan fingerprint density at radius 2 is 1.38 bits per heavy atom. The van der Waals surface area contributed by atoms with Crippen molar-refractivity contribution in [2.75, 3.05) is 0 Å². The van der Waals surface area contributed by atoms with E-state index in [0.717, 1.165) is 53.7 Å². The van der Waals surface area contributed by atoms with E-state index in [-0.39, 0.29) is 16.9 Å². The van der Waals surface area contributed by atoms with E-state index < -0.39 is 11.6 Å². The normalized spacial score (nSPS) is 22.3. The van der Waals surface area contributed by atoms with Crippen LogP contribution in [0.15, 0.2) is 72.8 Å². The van der Waals surface area contributed by atoms with Crippen molar-refractivity contribution in [3.05, 3.63) is 101 Å². The quantitative estimate of drug-likeness (QED) is 0.306. The zero-order valence-electron chi connectivity index (χ0n) is 21.7. The molecule has 0 saturated heterocycles. The molecule has 0 amide bonds. The van der Waals surface area contributed by atoms with Crippen LogP contribution < -0.4 is 0 Å². The van der Waals surface area contributed by atoms with Gasteiger partial charge in [-0.05, 0) is 110 Å². The summed E-state index contributed by atoms with van der Waals surface area (Å²) >= 11 is 0. The van der Waals surface area contributed by atoms with Crippen molar-refractivity contribution in [1.82, 2.24) is 0 Å². The van der Waals surface area contributed by atoms with Gasteiger partial charge in [-0.2, -0.15) is 0 Å². The fraction of sp³-hybridized carbons (Fsp3) is 0.353. The van der Waals surface area contributed by atoms with E-state index in [0.29, 0.717) is 11.1 Å². The second-order valence-electron chi connectivity index (χ2n) is 10.8. The van der Waals surface area contributed by atoms with Crippen LogP contribution in [0.1, 0.15) is 63.0 Å². The largest absolute Gasteiger partial charge is 0.206 e. The van der Waals surface area contributed by atoms with Gasteiger partial charge in [0.25, 0.3) is 0 Å². The van der Waals surface area contributed by atoms with Crippen molar-refractivity contribution in [3.63, 3.8) is 0 Å². The zero-order chi connectivity index (χ0) is 25.9. The molecule has 5 rings (SSSR count). The first-order valence-electron chi connectivity index (χ1n) is 13.6. The second kappa shape index (κ2) is 11.1. The summed E-state index contributed by atoms with van der Waals surface area (Å²) in [5.41, 5.74) is 4.54. The molecule has 3 heteroatoms. The Kier molecular flexibility index (Phi) is 7.69. The second-order valence-corrected chi connectivity index (χ2v) is 10.8. The molecule has 1 fully saturated rings. The minimum atomic E-state index is -0.840. The number of allylic oxidation sites excluding steroid dienone is 4. The molecule has 2 aliphatic carbocycles. The summed E-state index contributed by atoms with van der Waals surface area (Å²) in [7, 11) is 0. The molecule has 1 unspecified atom stereocenters. The number of halogens is 3. The molecular weight excluding hydrogens is 465 g/mol. The van der Waals surface area contributed by atoms with Gasteiger partial charge in [-0.3, -0.25) is 0 Å². The molecule has 0 bridgehead atoms. The summed E-state index contributed by atoms with van der Waals surface area (Å²) in [4.78, 5) is 0. The minimum absolute atomic E-state index is 0.204. The van der Waals surface area contributed by atoms with Gasteiger partial charge in [0.05, 0.1) is 0 Å². The fourth-order valence-corrected chi connectivity index (χ4v) is 6.27. The van der Waals surface area contributed by atoms with Crippen LogP contribution in [-0.4, -0.2) is 0 Å². The van der Waals surface area contributed by atoms with Gasteiger partial charge in [0, 0.05) is 11.1 Å². The summed E-state index contributed by atoms with van der Waals surface area (Å²) in [5.74, 6) is 0.422. The van der Waals surface area contributed by atoms with Gasteiger partial charge in [0.15, 0.2) is 11.6 Å². The summed E-state index contributed by atoms with van der Waals surface area (Å²) in [5, 5.41) is 0. The highest BCUT2D eigenvalue weighted by molar-refractivity contribution is 5.74. The van der Waals surface area contributed by atoms with Crippen molar-refractivity contribution in [2.24, 2.45) is 17.8 Å². The highest BCUT2D eigenvalue weighted by atomic mass is 19.2. The van der Waals surface area contributed by atoms with Crippen LogP contribution in [0.5, 0.6) is 0 Å². The van der Waals surface area contributed by atoms with Gasteiger partial charge in [-0.1, -0.05) is 66.8 Å². The molecule has 1 saturated carbocycles. The van der Waals surface area contributed by atoms with Crippen molar-refractivity contribution < 1.29 is 13.2 Å². The maximum absolute atomic E-state index is 15.2. The van der Waals surface area contributed by atoms with Crippen LogP contribution in [0, 0.1) is 42.1 Å². The van der Waals surface area contributed by atoms with Gasteiger partial charge in [-0.25, -0.2) is 13.2 Å². The van der Waals surface area contributed by atoms with Crippen LogP contribution >= 0.6 is 0 Å².